The van der Waals surface area contributed by atoms with E-state index in [0.29, 0.717) is 11.3 Å². The number of alkyl halides is 2. The van der Waals surface area contributed by atoms with E-state index in [1.165, 1.54) is 19.9 Å². The summed E-state index contributed by atoms with van der Waals surface area (Å²) in [6.45, 7) is 4.90. The van der Waals surface area contributed by atoms with Gasteiger partial charge in [-0.1, -0.05) is 30.3 Å². The minimum absolute atomic E-state index is 0.0204. The van der Waals surface area contributed by atoms with Gasteiger partial charge in [-0.25, -0.2) is 4.52 Å². The van der Waals surface area contributed by atoms with Crippen LogP contribution in [0, 0.1) is 6.92 Å². The van der Waals surface area contributed by atoms with Gasteiger partial charge in [0.25, 0.3) is 5.92 Å². The highest BCUT2D eigenvalue weighted by Crippen LogP contribution is 2.46. The van der Waals surface area contributed by atoms with E-state index in [1.807, 2.05) is 25.1 Å². The van der Waals surface area contributed by atoms with E-state index >= 15 is 0 Å². The van der Waals surface area contributed by atoms with Crippen molar-refractivity contribution in [2.75, 3.05) is 0 Å². The quantitative estimate of drug-likeness (QED) is 0.653. The summed E-state index contributed by atoms with van der Waals surface area (Å²) < 4.78 is 31.5. The molecule has 0 aliphatic carbocycles. The first kappa shape index (κ1) is 15.0. The molecule has 0 bridgehead atoms. The molecule has 122 valence electrons. The number of aryl methyl sites for hydroxylation is 1. The highest BCUT2D eigenvalue weighted by Gasteiger charge is 2.52. The fourth-order valence-electron chi connectivity index (χ4n) is 3.24. The number of benzene rings is 1. The highest BCUT2D eigenvalue weighted by molar-refractivity contribution is 6.18. The Hall–Kier alpha value is -2.56. The van der Waals surface area contributed by atoms with Gasteiger partial charge in [0.1, 0.15) is 5.54 Å². The average molecular weight is 325 g/mol. The van der Waals surface area contributed by atoms with E-state index in [-0.39, 0.29) is 5.56 Å². The van der Waals surface area contributed by atoms with Gasteiger partial charge < -0.3 is 0 Å². The zero-order valence-corrected chi connectivity index (χ0v) is 13.7. The van der Waals surface area contributed by atoms with Crippen molar-refractivity contribution < 1.29 is 8.78 Å². The number of rotatable bonds is 1. The molecule has 0 fully saturated rings. The molecule has 0 unspecified atom stereocenters. The number of hydrogen-bond donors (Lipinski definition) is 0. The molecule has 4 rings (SSSR count). The lowest BCUT2D eigenvalue weighted by Crippen LogP contribution is -2.44. The summed E-state index contributed by atoms with van der Waals surface area (Å²) in [6.07, 6.45) is 1.71. The van der Waals surface area contributed by atoms with Crippen molar-refractivity contribution >= 4 is 11.2 Å². The van der Waals surface area contributed by atoms with Gasteiger partial charge in [0.2, 0.25) is 0 Å². The molecule has 1 aromatic carbocycles. The SMILES string of the molecule is Cc1cccc2c(C3=NC(C)(C)C(F)(F)c4ccccc43)cnn12. The van der Waals surface area contributed by atoms with E-state index in [1.54, 1.807) is 28.9 Å². The molecule has 24 heavy (non-hydrogen) atoms. The average Bonchev–Trinajstić information content (AvgIpc) is 2.97. The van der Waals surface area contributed by atoms with Gasteiger partial charge >= 0.3 is 0 Å². The Morgan fingerprint density at radius 2 is 1.71 bits per heavy atom. The Balaban J connectivity index is 2.04. The second-order valence-electron chi connectivity index (χ2n) is 6.66. The predicted octanol–water partition coefficient (Wildman–Crippen LogP) is 4.36. The Kier molecular flexibility index (Phi) is 2.95. The van der Waals surface area contributed by atoms with Gasteiger partial charge in [-0.15, -0.1) is 0 Å². The zero-order chi connectivity index (χ0) is 17.1. The van der Waals surface area contributed by atoms with E-state index in [4.69, 9.17) is 0 Å². The number of aromatic nitrogens is 2. The molecule has 1 aliphatic rings. The van der Waals surface area contributed by atoms with Crippen molar-refractivity contribution in [2.24, 2.45) is 4.99 Å². The Morgan fingerprint density at radius 3 is 2.50 bits per heavy atom. The zero-order valence-electron chi connectivity index (χ0n) is 13.7. The fourth-order valence-corrected chi connectivity index (χ4v) is 3.24. The molecule has 0 amide bonds. The maximum atomic E-state index is 14.8. The first-order valence-electron chi connectivity index (χ1n) is 7.84. The van der Waals surface area contributed by atoms with Gasteiger partial charge in [-0.05, 0) is 32.9 Å². The largest absolute Gasteiger partial charge is 0.297 e. The van der Waals surface area contributed by atoms with Crippen LogP contribution in [0.3, 0.4) is 0 Å². The first-order chi connectivity index (χ1) is 11.3. The van der Waals surface area contributed by atoms with Crippen molar-refractivity contribution in [3.63, 3.8) is 0 Å². The molecular weight excluding hydrogens is 308 g/mol. The molecule has 1 aliphatic heterocycles. The van der Waals surface area contributed by atoms with Gasteiger partial charge in [0, 0.05) is 22.4 Å². The summed E-state index contributed by atoms with van der Waals surface area (Å²) in [5.74, 6) is -3.02. The van der Waals surface area contributed by atoms with Crippen molar-refractivity contribution in [3.8, 4) is 0 Å². The number of aliphatic imine (C=N–C) groups is 1. The third kappa shape index (κ3) is 1.87. The summed E-state index contributed by atoms with van der Waals surface area (Å²) in [6, 6.07) is 12.4. The van der Waals surface area contributed by atoms with E-state index in [9.17, 15) is 8.78 Å². The molecule has 3 heterocycles. The Labute approximate surface area is 138 Å². The summed E-state index contributed by atoms with van der Waals surface area (Å²) in [5, 5.41) is 4.40. The van der Waals surface area contributed by atoms with Gasteiger partial charge in [0.15, 0.2) is 0 Å². The molecule has 0 saturated heterocycles. The molecule has 3 nitrogen and oxygen atoms in total. The van der Waals surface area contributed by atoms with Crippen LogP contribution >= 0.6 is 0 Å². The molecule has 0 atom stereocenters. The lowest BCUT2D eigenvalue weighted by atomic mass is 9.82. The Bertz CT molecular complexity index is 983. The van der Waals surface area contributed by atoms with Crippen LogP contribution in [-0.4, -0.2) is 20.9 Å². The number of nitrogens with zero attached hydrogens (tertiary/aromatic N) is 3. The minimum Gasteiger partial charge on any atom is -0.271 e. The molecule has 0 spiro atoms. The number of halogens is 2. The van der Waals surface area contributed by atoms with Crippen LogP contribution in [-0.2, 0) is 5.92 Å². The van der Waals surface area contributed by atoms with Crippen LogP contribution in [0.25, 0.3) is 5.52 Å². The molecule has 0 N–H and O–H groups in total. The Morgan fingerprint density at radius 1 is 0.958 bits per heavy atom. The number of fused-ring (bicyclic) bond motifs is 2. The van der Waals surface area contributed by atoms with Gasteiger partial charge in [0.05, 0.1) is 17.4 Å². The second kappa shape index (κ2) is 4.72. The predicted molar refractivity (Wildman–Crippen MR) is 90.0 cm³/mol. The summed E-state index contributed by atoms with van der Waals surface area (Å²) in [7, 11) is 0. The maximum Gasteiger partial charge on any atom is 0.297 e. The van der Waals surface area contributed by atoms with Crippen LogP contribution in [0.2, 0.25) is 0 Å². The van der Waals surface area contributed by atoms with Crippen LogP contribution in [0.1, 0.15) is 36.2 Å². The first-order valence-corrected chi connectivity index (χ1v) is 7.84. The maximum absolute atomic E-state index is 14.8. The molecule has 0 radical (unpaired) electrons. The van der Waals surface area contributed by atoms with Crippen LogP contribution in [0.15, 0.2) is 53.7 Å². The standard InChI is InChI=1S/C19H17F2N3/c1-12-7-6-10-16-14(11-22-24(12)16)17-13-8-4-5-9-15(13)19(20,21)18(2,3)23-17/h4-11H,1-3H3. The smallest absolute Gasteiger partial charge is 0.271 e. The van der Waals surface area contributed by atoms with E-state index in [0.717, 1.165) is 16.8 Å². The summed E-state index contributed by atoms with van der Waals surface area (Å²) in [5.41, 5.74) is 2.16. The lowest BCUT2D eigenvalue weighted by molar-refractivity contribution is -0.0681. The van der Waals surface area contributed by atoms with Crippen molar-refractivity contribution in [3.05, 3.63) is 71.0 Å². The third-order valence-corrected chi connectivity index (χ3v) is 4.67. The summed E-state index contributed by atoms with van der Waals surface area (Å²) in [4.78, 5) is 4.44. The van der Waals surface area contributed by atoms with Crippen molar-refractivity contribution in [1.29, 1.82) is 0 Å². The normalized spacial score (nSPS) is 18.3. The van der Waals surface area contributed by atoms with Gasteiger partial charge in [-0.2, -0.15) is 13.9 Å². The van der Waals surface area contributed by atoms with Crippen LogP contribution in [0.4, 0.5) is 8.78 Å². The molecular formula is C19H17F2N3. The third-order valence-electron chi connectivity index (χ3n) is 4.67. The molecule has 0 saturated carbocycles. The minimum atomic E-state index is -3.02. The van der Waals surface area contributed by atoms with Crippen molar-refractivity contribution in [1.82, 2.24) is 9.61 Å². The molecule has 3 aromatic rings. The lowest BCUT2D eigenvalue weighted by Gasteiger charge is -2.37. The highest BCUT2D eigenvalue weighted by atomic mass is 19.3. The van der Waals surface area contributed by atoms with Crippen LogP contribution in [0.5, 0.6) is 0 Å². The van der Waals surface area contributed by atoms with Crippen molar-refractivity contribution in [2.45, 2.75) is 32.2 Å². The topological polar surface area (TPSA) is 29.7 Å². The second-order valence-corrected chi connectivity index (χ2v) is 6.66. The molecule has 5 heteroatoms. The fraction of sp³-hybridized carbons (Fsp3) is 0.263. The van der Waals surface area contributed by atoms with E-state index in [2.05, 4.69) is 10.1 Å². The monoisotopic (exact) mass is 325 g/mol. The van der Waals surface area contributed by atoms with E-state index < -0.39 is 11.5 Å². The molecule has 2 aromatic heterocycles. The number of pyridine rings is 1. The number of hydrogen-bond acceptors (Lipinski definition) is 2. The van der Waals surface area contributed by atoms with Gasteiger partial charge in [-0.3, -0.25) is 4.99 Å². The summed E-state index contributed by atoms with van der Waals surface area (Å²) >= 11 is 0. The van der Waals surface area contributed by atoms with Crippen LogP contribution < -0.4 is 0 Å².